The Labute approximate surface area is 260 Å². The fraction of sp³-hybridized carbons (Fsp3) is 0.139. The molecule has 4 aromatic rings. The number of nitrogens with zero attached hydrogens (tertiary/aromatic N) is 1. The van der Waals surface area contributed by atoms with E-state index in [9.17, 15) is 24.6 Å². The zero-order chi connectivity index (χ0) is 31.6. The molecular formula is C36H32N2O7. The van der Waals surface area contributed by atoms with Gasteiger partial charge >= 0.3 is 5.97 Å². The maximum atomic E-state index is 13.3. The maximum Gasteiger partial charge on any atom is 0.339 e. The Hall–Kier alpha value is -5.83. The molecule has 2 amide bonds. The minimum Gasteiger partial charge on any atom is -0.507 e. The summed E-state index contributed by atoms with van der Waals surface area (Å²) in [6.45, 7) is 0.167. The molecular weight excluding hydrogens is 572 g/mol. The van der Waals surface area contributed by atoms with Crippen LogP contribution in [0, 0.1) is 0 Å². The number of allylic oxidation sites excluding steroid dienone is 4. The molecule has 0 heterocycles. The summed E-state index contributed by atoms with van der Waals surface area (Å²) in [5.41, 5.74) is 2.03. The second-order valence-electron chi connectivity index (χ2n) is 10.3. The van der Waals surface area contributed by atoms with Gasteiger partial charge in [0.15, 0.2) is 6.61 Å². The first-order chi connectivity index (χ1) is 21.9. The first kappa shape index (κ1) is 30.6. The highest BCUT2D eigenvalue weighted by Crippen LogP contribution is 2.27. The summed E-state index contributed by atoms with van der Waals surface area (Å²) >= 11 is 0. The van der Waals surface area contributed by atoms with E-state index in [1.54, 1.807) is 24.3 Å². The Morgan fingerprint density at radius 3 is 2.24 bits per heavy atom. The molecule has 5 rings (SSSR count). The van der Waals surface area contributed by atoms with Crippen LogP contribution in [-0.4, -0.2) is 34.6 Å². The molecule has 45 heavy (non-hydrogen) atoms. The number of aromatic hydroxyl groups is 1. The Morgan fingerprint density at radius 2 is 1.56 bits per heavy atom. The zero-order valence-electron chi connectivity index (χ0n) is 24.4. The Morgan fingerprint density at radius 1 is 0.844 bits per heavy atom. The Balaban J connectivity index is 1.23. The van der Waals surface area contributed by atoms with Gasteiger partial charge in [-0.15, -0.1) is 0 Å². The van der Waals surface area contributed by atoms with Gasteiger partial charge < -0.3 is 29.9 Å². The first-order valence-corrected chi connectivity index (χ1v) is 14.4. The highest BCUT2D eigenvalue weighted by atomic mass is 16.5. The summed E-state index contributed by atoms with van der Waals surface area (Å²) in [5.74, 6) is -0.243. The van der Waals surface area contributed by atoms with Crippen LogP contribution in [0.4, 0.5) is 5.69 Å². The zero-order valence-corrected chi connectivity index (χ0v) is 24.4. The second-order valence-corrected chi connectivity index (χ2v) is 10.3. The number of benzene rings is 4. The minimum atomic E-state index is -1.32. The standard InChI is InChI=1S/C36H32N2O7/c39-33-20-17-28(21-32(33)36(42)43)38(34(40)24-44-29-7-3-1-4-8-29)23-26-11-15-27(16-12-26)35(41)37-22-25-13-18-31(19-14-25)45-30-9-5-2-6-10-30/h1-3,5-7,9-21,39H,4,8,22-24H2,(H,37,41)(H,42,43). The number of anilines is 1. The average Bonchev–Trinajstić information content (AvgIpc) is 3.07. The van der Waals surface area contributed by atoms with Crippen molar-refractivity contribution in [3.8, 4) is 17.2 Å². The van der Waals surface area contributed by atoms with Crippen molar-refractivity contribution in [3.05, 3.63) is 143 Å². The lowest BCUT2D eigenvalue weighted by atomic mass is 10.1. The fourth-order valence-electron chi connectivity index (χ4n) is 4.65. The second kappa shape index (κ2) is 14.6. The van der Waals surface area contributed by atoms with E-state index in [0.717, 1.165) is 17.7 Å². The van der Waals surface area contributed by atoms with Crippen LogP contribution in [0.15, 0.2) is 121 Å². The quantitative estimate of drug-likeness (QED) is 0.166. The summed E-state index contributed by atoms with van der Waals surface area (Å²) in [6.07, 6.45) is 7.19. The summed E-state index contributed by atoms with van der Waals surface area (Å²) in [5, 5.41) is 22.4. The third-order valence-corrected chi connectivity index (χ3v) is 7.09. The van der Waals surface area contributed by atoms with E-state index in [1.807, 2.05) is 72.8 Å². The van der Waals surface area contributed by atoms with E-state index in [1.165, 1.54) is 23.1 Å². The van der Waals surface area contributed by atoms with Crippen molar-refractivity contribution < 1.29 is 34.1 Å². The van der Waals surface area contributed by atoms with Gasteiger partial charge in [-0.2, -0.15) is 0 Å². The van der Waals surface area contributed by atoms with Crippen LogP contribution in [0.1, 0.15) is 44.7 Å². The van der Waals surface area contributed by atoms with Gasteiger partial charge in [-0.3, -0.25) is 9.59 Å². The highest BCUT2D eigenvalue weighted by Gasteiger charge is 2.21. The predicted octanol–water partition coefficient (Wildman–Crippen LogP) is 6.60. The number of para-hydroxylation sites is 1. The molecule has 1 aliphatic rings. The minimum absolute atomic E-state index is 0.0876. The number of carboxylic acid groups (broad SMARTS) is 1. The molecule has 4 aromatic carbocycles. The van der Waals surface area contributed by atoms with E-state index >= 15 is 0 Å². The normalized spacial score (nSPS) is 12.1. The molecule has 0 fully saturated rings. The topological polar surface area (TPSA) is 125 Å². The lowest BCUT2D eigenvalue weighted by Crippen LogP contribution is -2.33. The number of phenols is 1. The number of amides is 2. The third kappa shape index (κ3) is 8.39. The largest absolute Gasteiger partial charge is 0.507 e. The number of carbonyl (C=O) groups is 3. The van der Waals surface area contributed by atoms with Gasteiger partial charge in [0.2, 0.25) is 0 Å². The maximum absolute atomic E-state index is 13.3. The smallest absolute Gasteiger partial charge is 0.339 e. The van der Waals surface area contributed by atoms with Gasteiger partial charge in [-0.1, -0.05) is 54.6 Å². The fourth-order valence-corrected chi connectivity index (χ4v) is 4.65. The van der Waals surface area contributed by atoms with Crippen LogP contribution in [0.5, 0.6) is 17.2 Å². The van der Waals surface area contributed by atoms with Crippen LogP contribution in [0.3, 0.4) is 0 Å². The molecule has 228 valence electrons. The Kier molecular flexibility index (Phi) is 9.91. The summed E-state index contributed by atoms with van der Waals surface area (Å²) < 4.78 is 11.5. The summed E-state index contributed by atoms with van der Waals surface area (Å²) in [4.78, 5) is 39.2. The predicted molar refractivity (Wildman–Crippen MR) is 169 cm³/mol. The number of rotatable bonds is 12. The molecule has 3 N–H and O–H groups in total. The van der Waals surface area contributed by atoms with Gasteiger partial charge in [0.05, 0.1) is 12.3 Å². The number of carbonyl (C=O) groups excluding carboxylic acids is 2. The van der Waals surface area contributed by atoms with Crippen molar-refractivity contribution in [2.75, 3.05) is 11.5 Å². The molecule has 0 unspecified atom stereocenters. The van der Waals surface area contributed by atoms with Crippen LogP contribution >= 0.6 is 0 Å². The van der Waals surface area contributed by atoms with Gasteiger partial charge in [0, 0.05) is 24.2 Å². The SMILES string of the molecule is O=C(NCc1ccc(Oc2ccccc2)cc1)c1ccc(CN(C(=O)COC2=CC=CCC2)c2ccc(O)c(C(=O)O)c2)cc1. The summed E-state index contributed by atoms with van der Waals surface area (Å²) in [7, 11) is 0. The van der Waals surface area contributed by atoms with Crippen molar-refractivity contribution in [1.29, 1.82) is 0 Å². The molecule has 0 bridgehead atoms. The van der Waals surface area contributed by atoms with Gasteiger partial charge in [-0.05, 0) is 78.2 Å². The van der Waals surface area contributed by atoms with Crippen molar-refractivity contribution in [3.63, 3.8) is 0 Å². The molecule has 0 atom stereocenters. The van der Waals surface area contributed by atoms with Crippen molar-refractivity contribution >= 4 is 23.5 Å². The van der Waals surface area contributed by atoms with E-state index in [4.69, 9.17) is 9.47 Å². The van der Waals surface area contributed by atoms with Gasteiger partial charge in [0.25, 0.3) is 11.8 Å². The number of hydrogen-bond acceptors (Lipinski definition) is 6. The molecule has 9 nitrogen and oxygen atoms in total. The molecule has 0 aromatic heterocycles. The van der Waals surface area contributed by atoms with Crippen molar-refractivity contribution in [1.82, 2.24) is 5.32 Å². The van der Waals surface area contributed by atoms with Crippen LogP contribution in [0.2, 0.25) is 0 Å². The van der Waals surface area contributed by atoms with Crippen molar-refractivity contribution in [2.24, 2.45) is 0 Å². The average molecular weight is 605 g/mol. The van der Waals surface area contributed by atoms with Crippen LogP contribution < -0.4 is 15.0 Å². The Bertz CT molecular complexity index is 1710. The van der Waals surface area contributed by atoms with Gasteiger partial charge in [0.1, 0.15) is 22.8 Å². The molecule has 9 heteroatoms. The first-order valence-electron chi connectivity index (χ1n) is 14.4. The lowest BCUT2D eigenvalue weighted by molar-refractivity contribution is -0.122. The number of hydrogen-bond donors (Lipinski definition) is 3. The molecule has 0 aliphatic heterocycles. The van der Waals surface area contributed by atoms with Crippen LogP contribution in [0.25, 0.3) is 0 Å². The molecule has 0 spiro atoms. The number of carboxylic acids is 1. The number of ether oxygens (including phenoxy) is 2. The molecule has 1 aliphatic carbocycles. The van der Waals surface area contributed by atoms with Gasteiger partial charge in [-0.25, -0.2) is 4.79 Å². The molecule has 0 saturated heterocycles. The molecule has 0 radical (unpaired) electrons. The highest BCUT2D eigenvalue weighted by molar-refractivity contribution is 5.98. The number of nitrogens with one attached hydrogen (secondary N) is 1. The third-order valence-electron chi connectivity index (χ3n) is 7.09. The van der Waals surface area contributed by atoms with Crippen molar-refractivity contribution in [2.45, 2.75) is 25.9 Å². The lowest BCUT2D eigenvalue weighted by Gasteiger charge is -2.24. The van der Waals surface area contributed by atoms with Crippen LogP contribution in [-0.2, 0) is 22.6 Å². The summed E-state index contributed by atoms with van der Waals surface area (Å²) in [6, 6.07) is 27.7. The van der Waals surface area contributed by atoms with E-state index in [-0.39, 0.29) is 24.6 Å². The van der Waals surface area contributed by atoms with E-state index in [2.05, 4.69) is 5.32 Å². The van der Waals surface area contributed by atoms with E-state index < -0.39 is 17.6 Å². The monoisotopic (exact) mass is 604 g/mol. The number of aromatic carboxylic acids is 1. The molecule has 0 saturated carbocycles. The van der Waals surface area contributed by atoms with E-state index in [0.29, 0.717) is 41.3 Å².